The molecular formula is C14H13N3. The first kappa shape index (κ1) is 8.93. The Balaban J connectivity index is 2.16. The van der Waals surface area contributed by atoms with Crippen molar-refractivity contribution in [3.8, 4) is 0 Å². The summed E-state index contributed by atoms with van der Waals surface area (Å²) >= 11 is 0. The van der Waals surface area contributed by atoms with Crippen LogP contribution in [0.25, 0.3) is 21.8 Å². The number of nitrogens with one attached hydrogen (secondary N) is 3. The maximum Gasteiger partial charge on any atom is 0.0822 e. The molecule has 0 unspecified atom stereocenters. The Morgan fingerprint density at radius 2 is 1.71 bits per heavy atom. The van der Waals surface area contributed by atoms with Gasteiger partial charge in [-0.2, -0.15) is 0 Å². The number of para-hydroxylation sites is 1. The Kier molecular flexibility index (Phi) is 1.66. The average Bonchev–Trinajstić information content (AvgIpc) is 2.78. The third kappa shape index (κ3) is 1.16. The molecule has 4 rings (SSSR count). The maximum atomic E-state index is 3.50. The zero-order chi connectivity index (χ0) is 11.2. The van der Waals surface area contributed by atoms with Gasteiger partial charge in [0.15, 0.2) is 0 Å². The van der Waals surface area contributed by atoms with Gasteiger partial charge < -0.3 is 15.6 Å². The minimum Gasteiger partial charge on any atom is -0.382 e. The zero-order valence-corrected chi connectivity index (χ0v) is 9.38. The molecule has 2 heterocycles. The van der Waals surface area contributed by atoms with Crippen molar-refractivity contribution in [3.63, 3.8) is 0 Å². The largest absolute Gasteiger partial charge is 0.382 e. The highest BCUT2D eigenvalue weighted by molar-refractivity contribution is 6.13. The maximum absolute atomic E-state index is 3.50. The van der Waals surface area contributed by atoms with E-state index in [9.17, 15) is 0 Å². The van der Waals surface area contributed by atoms with Crippen LogP contribution in [-0.4, -0.2) is 18.1 Å². The van der Waals surface area contributed by atoms with E-state index in [0.29, 0.717) is 0 Å². The highest BCUT2D eigenvalue weighted by Crippen LogP contribution is 2.36. The van der Waals surface area contributed by atoms with E-state index < -0.39 is 0 Å². The van der Waals surface area contributed by atoms with Gasteiger partial charge in [-0.3, -0.25) is 0 Å². The molecule has 0 atom stereocenters. The molecule has 84 valence electrons. The van der Waals surface area contributed by atoms with Crippen molar-refractivity contribution in [1.29, 1.82) is 0 Å². The molecule has 17 heavy (non-hydrogen) atoms. The quantitative estimate of drug-likeness (QED) is 0.548. The Hall–Kier alpha value is -2.16. The molecule has 0 saturated heterocycles. The molecular weight excluding hydrogens is 210 g/mol. The number of rotatable bonds is 0. The molecule has 0 fully saturated rings. The SMILES string of the molecule is c1ccc2c(c1)[nH]c1c3c(ccc12)NCCN3. The van der Waals surface area contributed by atoms with Crippen molar-refractivity contribution < 1.29 is 0 Å². The van der Waals surface area contributed by atoms with Gasteiger partial charge in [-0.15, -0.1) is 0 Å². The van der Waals surface area contributed by atoms with E-state index in [0.717, 1.165) is 13.1 Å². The van der Waals surface area contributed by atoms with Gasteiger partial charge in [-0.1, -0.05) is 24.3 Å². The molecule has 0 spiro atoms. The molecule has 3 aromatic rings. The number of aromatic nitrogens is 1. The fraction of sp³-hybridized carbons (Fsp3) is 0.143. The number of H-pyrrole nitrogens is 1. The van der Waals surface area contributed by atoms with Crippen molar-refractivity contribution in [1.82, 2.24) is 4.98 Å². The lowest BCUT2D eigenvalue weighted by atomic mass is 10.1. The van der Waals surface area contributed by atoms with Crippen LogP contribution in [0, 0.1) is 0 Å². The lowest BCUT2D eigenvalue weighted by molar-refractivity contribution is 1.05. The standard InChI is InChI=1S/C14H13N3/c1-2-4-11-9(3-1)10-5-6-12-14(13(10)17-11)16-8-7-15-12/h1-6,15-17H,7-8H2. The smallest absolute Gasteiger partial charge is 0.0822 e. The monoisotopic (exact) mass is 223 g/mol. The first-order valence-corrected chi connectivity index (χ1v) is 5.95. The topological polar surface area (TPSA) is 39.9 Å². The molecule has 1 aliphatic rings. The van der Waals surface area contributed by atoms with Gasteiger partial charge in [0.1, 0.15) is 0 Å². The summed E-state index contributed by atoms with van der Waals surface area (Å²) in [5.74, 6) is 0. The van der Waals surface area contributed by atoms with Gasteiger partial charge in [-0.05, 0) is 12.1 Å². The summed E-state index contributed by atoms with van der Waals surface area (Å²) in [5.41, 5.74) is 4.79. The van der Waals surface area contributed by atoms with E-state index in [-0.39, 0.29) is 0 Å². The summed E-state index contributed by atoms with van der Waals surface area (Å²) in [6.45, 7) is 1.96. The van der Waals surface area contributed by atoms with Gasteiger partial charge in [0.2, 0.25) is 0 Å². The molecule has 0 bridgehead atoms. The average molecular weight is 223 g/mol. The molecule has 0 aliphatic carbocycles. The number of benzene rings is 2. The van der Waals surface area contributed by atoms with Crippen LogP contribution in [0.2, 0.25) is 0 Å². The molecule has 3 nitrogen and oxygen atoms in total. The van der Waals surface area contributed by atoms with Crippen molar-refractivity contribution in [3.05, 3.63) is 36.4 Å². The lowest BCUT2D eigenvalue weighted by Gasteiger charge is -2.20. The Morgan fingerprint density at radius 1 is 0.824 bits per heavy atom. The summed E-state index contributed by atoms with van der Waals surface area (Å²) in [7, 11) is 0. The summed E-state index contributed by atoms with van der Waals surface area (Å²) < 4.78 is 0. The van der Waals surface area contributed by atoms with Crippen LogP contribution >= 0.6 is 0 Å². The first-order valence-electron chi connectivity index (χ1n) is 5.95. The summed E-state index contributed by atoms with van der Waals surface area (Å²) in [4.78, 5) is 3.50. The van der Waals surface area contributed by atoms with E-state index in [1.54, 1.807) is 0 Å². The van der Waals surface area contributed by atoms with Gasteiger partial charge >= 0.3 is 0 Å². The van der Waals surface area contributed by atoms with E-state index in [1.165, 1.54) is 33.2 Å². The summed E-state index contributed by atoms with van der Waals surface area (Å²) in [5, 5.41) is 9.47. The lowest BCUT2D eigenvalue weighted by Crippen LogP contribution is -2.20. The molecule has 1 aliphatic heterocycles. The van der Waals surface area contributed by atoms with Crippen molar-refractivity contribution in [2.45, 2.75) is 0 Å². The number of anilines is 2. The van der Waals surface area contributed by atoms with Crippen LogP contribution in [-0.2, 0) is 0 Å². The van der Waals surface area contributed by atoms with Crippen LogP contribution < -0.4 is 10.6 Å². The molecule has 0 saturated carbocycles. The van der Waals surface area contributed by atoms with E-state index in [1.807, 2.05) is 0 Å². The fourth-order valence-electron chi connectivity index (χ4n) is 2.63. The van der Waals surface area contributed by atoms with Gasteiger partial charge in [0, 0.05) is 29.4 Å². The Morgan fingerprint density at radius 3 is 2.71 bits per heavy atom. The van der Waals surface area contributed by atoms with Crippen LogP contribution in [0.5, 0.6) is 0 Å². The normalized spacial score (nSPS) is 14.4. The van der Waals surface area contributed by atoms with E-state index in [2.05, 4.69) is 52.0 Å². The van der Waals surface area contributed by atoms with E-state index in [4.69, 9.17) is 0 Å². The van der Waals surface area contributed by atoms with E-state index >= 15 is 0 Å². The second-order valence-electron chi connectivity index (χ2n) is 4.43. The highest BCUT2D eigenvalue weighted by Gasteiger charge is 2.14. The highest BCUT2D eigenvalue weighted by atomic mass is 15.0. The first-order chi connectivity index (χ1) is 8.43. The van der Waals surface area contributed by atoms with Crippen molar-refractivity contribution in [2.75, 3.05) is 23.7 Å². The molecule has 1 aromatic heterocycles. The second-order valence-corrected chi connectivity index (χ2v) is 4.43. The van der Waals surface area contributed by atoms with Crippen molar-refractivity contribution >= 4 is 33.2 Å². The molecule has 3 heteroatoms. The van der Waals surface area contributed by atoms with Gasteiger partial charge in [-0.25, -0.2) is 0 Å². The minimum atomic E-state index is 0.974. The van der Waals surface area contributed by atoms with Crippen LogP contribution in [0.1, 0.15) is 0 Å². The fourth-order valence-corrected chi connectivity index (χ4v) is 2.63. The summed E-state index contributed by atoms with van der Waals surface area (Å²) in [6.07, 6.45) is 0. The summed E-state index contributed by atoms with van der Waals surface area (Å²) in [6, 6.07) is 12.8. The second kappa shape index (κ2) is 3.17. The van der Waals surface area contributed by atoms with Crippen LogP contribution in [0.3, 0.4) is 0 Å². The predicted molar refractivity (Wildman–Crippen MR) is 72.8 cm³/mol. The Bertz CT molecular complexity index is 712. The zero-order valence-electron chi connectivity index (χ0n) is 9.38. The molecule has 3 N–H and O–H groups in total. The third-order valence-corrected chi connectivity index (χ3v) is 3.42. The number of fused-ring (bicyclic) bond motifs is 5. The number of hydrogen-bond donors (Lipinski definition) is 3. The Labute approximate surface area is 98.8 Å². The number of aromatic amines is 1. The van der Waals surface area contributed by atoms with Gasteiger partial charge in [0.25, 0.3) is 0 Å². The third-order valence-electron chi connectivity index (χ3n) is 3.42. The molecule has 0 amide bonds. The number of hydrogen-bond acceptors (Lipinski definition) is 2. The van der Waals surface area contributed by atoms with Crippen LogP contribution in [0.4, 0.5) is 11.4 Å². The molecule has 0 radical (unpaired) electrons. The van der Waals surface area contributed by atoms with Crippen LogP contribution in [0.15, 0.2) is 36.4 Å². The molecule has 2 aromatic carbocycles. The van der Waals surface area contributed by atoms with Gasteiger partial charge in [0.05, 0.1) is 16.9 Å². The van der Waals surface area contributed by atoms with Crippen molar-refractivity contribution in [2.24, 2.45) is 0 Å². The predicted octanol–water partition coefficient (Wildman–Crippen LogP) is 3.16. The minimum absolute atomic E-state index is 0.974.